The molecule has 0 bridgehead atoms. The van der Waals surface area contributed by atoms with Gasteiger partial charge in [0.2, 0.25) is 5.91 Å². The zero-order valence-electron chi connectivity index (χ0n) is 12.9. The third kappa shape index (κ3) is 4.82. The number of methoxy groups -OCH3 is 1. The topological polar surface area (TPSA) is 99.5 Å². The molecule has 0 unspecified atom stereocenters. The molecule has 1 aliphatic heterocycles. The Kier molecular flexibility index (Phi) is 6.20. The summed E-state index contributed by atoms with van der Waals surface area (Å²) in [6.07, 6.45) is -0.146. The molecule has 1 fully saturated rings. The monoisotopic (exact) mass is 342 g/mol. The summed E-state index contributed by atoms with van der Waals surface area (Å²) in [5.74, 6) is -1.13. The molecular formula is C15H21ClN3O4+. The first-order valence-corrected chi connectivity index (χ1v) is 7.89. The van der Waals surface area contributed by atoms with E-state index in [4.69, 9.17) is 16.3 Å². The van der Waals surface area contributed by atoms with E-state index in [0.29, 0.717) is 29.5 Å². The Bertz CT molecular complexity index is 576. The molecule has 1 aromatic rings. The number of ether oxygens (including phenoxy) is 1. The molecule has 8 heteroatoms. The van der Waals surface area contributed by atoms with E-state index in [9.17, 15) is 14.7 Å². The normalized spacial score (nSPS) is 16.6. The maximum atomic E-state index is 12.2. The van der Waals surface area contributed by atoms with Gasteiger partial charge in [0.05, 0.1) is 25.2 Å². The van der Waals surface area contributed by atoms with Gasteiger partial charge in [0, 0.05) is 5.02 Å². The van der Waals surface area contributed by atoms with Gasteiger partial charge in [-0.25, -0.2) is 0 Å². The number of carbonyl (C=O) groups is 2. The first-order chi connectivity index (χ1) is 11.0. The lowest BCUT2D eigenvalue weighted by Gasteiger charge is -2.30. The highest BCUT2D eigenvalue weighted by Gasteiger charge is 2.29. The van der Waals surface area contributed by atoms with Gasteiger partial charge in [-0.15, -0.1) is 0 Å². The number of carboxylic acids is 1. The fourth-order valence-corrected chi connectivity index (χ4v) is 2.92. The minimum atomic E-state index is -1.20. The largest absolute Gasteiger partial charge is 0.544 e. The summed E-state index contributed by atoms with van der Waals surface area (Å²) in [6, 6.07) is 4.00. The average molecular weight is 343 g/mol. The molecule has 4 N–H and O–H groups in total. The fraction of sp³-hybridized carbons (Fsp3) is 0.467. The third-order valence-electron chi connectivity index (χ3n) is 3.94. The van der Waals surface area contributed by atoms with Crippen molar-refractivity contribution in [1.82, 2.24) is 0 Å². The van der Waals surface area contributed by atoms with Crippen LogP contribution in [0.4, 0.5) is 5.69 Å². The van der Waals surface area contributed by atoms with Crippen LogP contribution in [-0.4, -0.2) is 51.2 Å². The summed E-state index contributed by atoms with van der Waals surface area (Å²) < 4.78 is 5.16. The first kappa shape index (κ1) is 17.5. The Morgan fingerprint density at radius 1 is 1.43 bits per heavy atom. The number of piperazine rings is 1. The van der Waals surface area contributed by atoms with Crippen LogP contribution in [0.5, 0.6) is 5.75 Å². The number of nitrogens with two attached hydrogens (primary N) is 1. The van der Waals surface area contributed by atoms with Crippen LogP contribution < -0.4 is 25.4 Å². The molecule has 0 spiro atoms. The van der Waals surface area contributed by atoms with E-state index in [0.717, 1.165) is 18.0 Å². The summed E-state index contributed by atoms with van der Waals surface area (Å²) in [6.45, 7) is 3.10. The maximum Gasteiger partial charge on any atom is 0.230 e. The van der Waals surface area contributed by atoms with E-state index in [1.807, 2.05) is 0 Å². The number of hydrogen-bond donors (Lipinski definition) is 3. The molecule has 1 atom stereocenters. The van der Waals surface area contributed by atoms with Crippen molar-refractivity contribution in [2.45, 2.75) is 12.5 Å². The Balaban J connectivity index is 2.04. The zero-order chi connectivity index (χ0) is 16.8. The number of quaternary nitrogens is 2. The van der Waals surface area contributed by atoms with Crippen LogP contribution >= 0.6 is 11.6 Å². The lowest BCUT2D eigenvalue weighted by Crippen LogP contribution is -3.24. The highest BCUT2D eigenvalue weighted by molar-refractivity contribution is 6.31. The first-order valence-electron chi connectivity index (χ1n) is 7.51. The van der Waals surface area contributed by atoms with Gasteiger partial charge in [-0.1, -0.05) is 11.6 Å². The molecule has 1 amide bonds. The van der Waals surface area contributed by atoms with Crippen molar-refractivity contribution in [2.75, 3.05) is 38.6 Å². The Hall–Kier alpha value is -1.83. The van der Waals surface area contributed by atoms with Crippen molar-refractivity contribution in [3.8, 4) is 5.75 Å². The number of carboxylic acid groups (broad SMARTS) is 1. The molecule has 1 aromatic carbocycles. The summed E-state index contributed by atoms with van der Waals surface area (Å²) in [4.78, 5) is 24.5. The number of carbonyl (C=O) groups excluding carboxylic acids is 2. The second-order valence-corrected chi connectivity index (χ2v) is 5.93. The van der Waals surface area contributed by atoms with Gasteiger partial charge in [-0.05, 0) is 18.2 Å². The van der Waals surface area contributed by atoms with Gasteiger partial charge in [0.15, 0.2) is 0 Å². The van der Waals surface area contributed by atoms with Gasteiger partial charge in [-0.3, -0.25) is 4.79 Å². The summed E-state index contributed by atoms with van der Waals surface area (Å²) in [5, 5.41) is 16.6. The van der Waals surface area contributed by atoms with Crippen LogP contribution in [0.3, 0.4) is 0 Å². The number of benzene rings is 1. The number of rotatable bonds is 6. The quantitative estimate of drug-likeness (QED) is 0.522. The molecule has 0 aliphatic carbocycles. The van der Waals surface area contributed by atoms with Crippen LogP contribution in [0.2, 0.25) is 5.02 Å². The summed E-state index contributed by atoms with van der Waals surface area (Å²) >= 11 is 5.92. The average Bonchev–Trinajstić information content (AvgIpc) is 2.53. The van der Waals surface area contributed by atoms with Crippen LogP contribution in [0.25, 0.3) is 0 Å². The van der Waals surface area contributed by atoms with Crippen LogP contribution in [0.15, 0.2) is 18.2 Å². The molecule has 7 nitrogen and oxygen atoms in total. The number of aliphatic carboxylic acids is 1. The van der Waals surface area contributed by atoms with Crippen molar-refractivity contribution in [1.29, 1.82) is 0 Å². The second kappa shape index (κ2) is 8.14. The van der Waals surface area contributed by atoms with Gasteiger partial charge in [-0.2, -0.15) is 0 Å². The molecule has 1 saturated heterocycles. The van der Waals surface area contributed by atoms with Gasteiger partial charge in [0.25, 0.3) is 0 Å². The van der Waals surface area contributed by atoms with Crippen molar-refractivity contribution in [3.63, 3.8) is 0 Å². The minimum absolute atomic E-state index is 0.146. The number of amides is 1. The Morgan fingerprint density at radius 3 is 2.74 bits per heavy atom. The number of hydrogen-bond acceptors (Lipinski definition) is 4. The Labute approximate surface area is 139 Å². The minimum Gasteiger partial charge on any atom is -0.544 e. The molecule has 0 aromatic heterocycles. The summed E-state index contributed by atoms with van der Waals surface area (Å²) in [5.41, 5.74) is 0.420. The van der Waals surface area contributed by atoms with E-state index in [1.54, 1.807) is 18.2 Å². The molecule has 126 valence electrons. The van der Waals surface area contributed by atoms with Crippen LogP contribution in [-0.2, 0) is 9.59 Å². The molecule has 2 rings (SSSR count). The molecule has 0 radical (unpaired) electrons. The third-order valence-corrected chi connectivity index (χ3v) is 4.18. The van der Waals surface area contributed by atoms with Crippen molar-refractivity contribution < 1.29 is 29.6 Å². The number of anilines is 1. The van der Waals surface area contributed by atoms with E-state index >= 15 is 0 Å². The van der Waals surface area contributed by atoms with Crippen LogP contribution in [0.1, 0.15) is 6.42 Å². The SMILES string of the molecule is COc1ccc(Cl)cc1NC(=O)C[C@@H](C(=O)[O-])[NH+]1CC[NH2+]CC1. The van der Waals surface area contributed by atoms with E-state index in [2.05, 4.69) is 10.6 Å². The molecule has 0 saturated carbocycles. The van der Waals surface area contributed by atoms with Crippen molar-refractivity contribution >= 4 is 29.2 Å². The standard InChI is InChI=1S/C15H20ClN3O4/c1-23-13-3-2-10(16)8-11(13)18-14(20)9-12(15(21)22)19-6-4-17-5-7-19/h2-3,8,12,17H,4-7,9H2,1H3,(H,18,20)(H,21,22)/p+1/t12-/m0/s1. The Morgan fingerprint density at radius 2 is 2.13 bits per heavy atom. The number of halogens is 1. The van der Waals surface area contributed by atoms with E-state index < -0.39 is 17.9 Å². The van der Waals surface area contributed by atoms with E-state index in [1.165, 1.54) is 7.11 Å². The predicted octanol–water partition coefficient (Wildman–Crippen LogP) is -2.74. The summed E-state index contributed by atoms with van der Waals surface area (Å²) in [7, 11) is 1.48. The lowest BCUT2D eigenvalue weighted by molar-refractivity contribution is -0.961. The second-order valence-electron chi connectivity index (χ2n) is 5.49. The smallest absolute Gasteiger partial charge is 0.230 e. The molecular weight excluding hydrogens is 322 g/mol. The van der Waals surface area contributed by atoms with E-state index in [-0.39, 0.29) is 6.42 Å². The number of nitrogens with one attached hydrogen (secondary N) is 2. The molecule has 1 heterocycles. The molecule has 23 heavy (non-hydrogen) atoms. The highest BCUT2D eigenvalue weighted by atomic mass is 35.5. The van der Waals surface area contributed by atoms with Crippen molar-refractivity contribution in [3.05, 3.63) is 23.2 Å². The molecule has 1 aliphatic rings. The van der Waals surface area contributed by atoms with Gasteiger partial charge >= 0.3 is 0 Å². The van der Waals surface area contributed by atoms with Gasteiger partial charge in [0.1, 0.15) is 38.0 Å². The predicted molar refractivity (Wildman–Crippen MR) is 82.4 cm³/mol. The van der Waals surface area contributed by atoms with Crippen molar-refractivity contribution in [2.24, 2.45) is 0 Å². The fourth-order valence-electron chi connectivity index (χ4n) is 2.75. The van der Waals surface area contributed by atoms with Crippen LogP contribution in [0, 0.1) is 0 Å². The van der Waals surface area contributed by atoms with Gasteiger partial charge < -0.3 is 30.2 Å². The highest BCUT2D eigenvalue weighted by Crippen LogP contribution is 2.27. The lowest BCUT2D eigenvalue weighted by atomic mass is 10.1. The maximum absolute atomic E-state index is 12.2. The zero-order valence-corrected chi connectivity index (χ0v) is 13.7.